The van der Waals surface area contributed by atoms with Crippen molar-refractivity contribution in [3.05, 3.63) is 47.9 Å². The second-order valence-corrected chi connectivity index (χ2v) is 6.89. The van der Waals surface area contributed by atoms with E-state index in [1.807, 2.05) is 17.2 Å². The fourth-order valence-corrected chi connectivity index (χ4v) is 3.88. The number of aromatic nitrogens is 1. The minimum atomic E-state index is -0.266. The Morgan fingerprint density at radius 3 is 2.60 bits per heavy atom. The molecule has 1 aromatic heterocycles. The number of benzene rings is 1. The number of nitrogens with zero attached hydrogens (tertiary/aromatic N) is 2. The molecule has 1 aliphatic heterocycles. The number of aryl methyl sites for hydroxylation is 1. The van der Waals surface area contributed by atoms with Gasteiger partial charge in [-0.15, -0.1) is 0 Å². The number of hydrogen-bond acceptors (Lipinski definition) is 3. The summed E-state index contributed by atoms with van der Waals surface area (Å²) >= 11 is 0. The number of fused-ring (bicyclic) bond motifs is 1. The third kappa shape index (κ3) is 3.36. The number of amides is 1. The fraction of sp³-hybridized carbons (Fsp3) is 0.400. The molecule has 0 atom stereocenters. The summed E-state index contributed by atoms with van der Waals surface area (Å²) in [6.45, 7) is 0. The second kappa shape index (κ2) is 6.82. The highest BCUT2D eigenvalue weighted by Crippen LogP contribution is 2.35. The first-order valence-corrected chi connectivity index (χ1v) is 9.04. The van der Waals surface area contributed by atoms with E-state index < -0.39 is 0 Å². The maximum absolute atomic E-state index is 13.1. The van der Waals surface area contributed by atoms with Crippen LogP contribution in [0.1, 0.15) is 44.1 Å². The lowest BCUT2D eigenvalue weighted by atomic mass is 9.91. The van der Waals surface area contributed by atoms with Crippen molar-refractivity contribution in [2.75, 3.05) is 10.2 Å². The zero-order chi connectivity index (χ0) is 17.2. The molecule has 4 rings (SSSR count). The van der Waals surface area contributed by atoms with Gasteiger partial charge in [-0.2, -0.15) is 0 Å². The van der Waals surface area contributed by atoms with Crippen LogP contribution in [0.25, 0.3) is 0 Å². The van der Waals surface area contributed by atoms with Crippen molar-refractivity contribution >= 4 is 23.1 Å². The summed E-state index contributed by atoms with van der Waals surface area (Å²) in [7, 11) is 0. The van der Waals surface area contributed by atoms with E-state index in [0.29, 0.717) is 18.3 Å². The molecule has 4 nitrogen and oxygen atoms in total. The number of hydrogen-bond donors (Lipinski definition) is 1. The van der Waals surface area contributed by atoms with E-state index in [4.69, 9.17) is 0 Å². The predicted octanol–water partition coefficient (Wildman–Crippen LogP) is 4.58. The second-order valence-electron chi connectivity index (χ2n) is 6.89. The Morgan fingerprint density at radius 1 is 1.08 bits per heavy atom. The summed E-state index contributed by atoms with van der Waals surface area (Å²) in [4.78, 5) is 19.1. The molecular formula is C20H22FN3O. The highest BCUT2D eigenvalue weighted by atomic mass is 19.1. The van der Waals surface area contributed by atoms with Crippen molar-refractivity contribution in [3.63, 3.8) is 0 Å². The van der Waals surface area contributed by atoms with Crippen molar-refractivity contribution in [3.8, 4) is 0 Å². The van der Waals surface area contributed by atoms with Crippen LogP contribution >= 0.6 is 0 Å². The Balaban J connectivity index is 1.63. The van der Waals surface area contributed by atoms with Gasteiger partial charge in [0.05, 0.1) is 5.69 Å². The maximum Gasteiger partial charge on any atom is 0.227 e. The molecule has 2 heterocycles. The molecule has 0 radical (unpaired) electrons. The molecule has 5 heteroatoms. The number of carbonyl (C=O) groups is 1. The minimum Gasteiger partial charge on any atom is -0.340 e. The number of pyridine rings is 1. The molecule has 1 amide bonds. The lowest BCUT2D eigenvalue weighted by molar-refractivity contribution is -0.119. The highest BCUT2D eigenvalue weighted by Gasteiger charge is 2.31. The van der Waals surface area contributed by atoms with E-state index >= 15 is 0 Å². The van der Waals surface area contributed by atoms with Gasteiger partial charge in [0, 0.05) is 30.4 Å². The van der Waals surface area contributed by atoms with E-state index in [1.54, 1.807) is 12.1 Å². The van der Waals surface area contributed by atoms with Crippen molar-refractivity contribution in [1.82, 2.24) is 4.98 Å². The normalized spacial score (nSPS) is 18.1. The quantitative estimate of drug-likeness (QED) is 0.890. The molecule has 0 spiro atoms. The summed E-state index contributed by atoms with van der Waals surface area (Å²) in [5, 5.41) is 3.20. The van der Waals surface area contributed by atoms with Crippen LogP contribution in [0.3, 0.4) is 0 Å². The van der Waals surface area contributed by atoms with Crippen LogP contribution in [0.5, 0.6) is 0 Å². The van der Waals surface area contributed by atoms with Gasteiger partial charge >= 0.3 is 0 Å². The zero-order valence-corrected chi connectivity index (χ0v) is 14.2. The lowest BCUT2D eigenvalue weighted by Crippen LogP contribution is -2.44. The molecule has 0 unspecified atom stereocenters. The van der Waals surface area contributed by atoms with Crippen molar-refractivity contribution in [2.45, 2.75) is 51.0 Å². The highest BCUT2D eigenvalue weighted by molar-refractivity contribution is 5.97. The predicted molar refractivity (Wildman–Crippen MR) is 96.6 cm³/mol. The van der Waals surface area contributed by atoms with Crippen molar-refractivity contribution in [2.24, 2.45) is 0 Å². The van der Waals surface area contributed by atoms with Crippen molar-refractivity contribution < 1.29 is 9.18 Å². The Morgan fingerprint density at radius 2 is 1.84 bits per heavy atom. The summed E-state index contributed by atoms with van der Waals surface area (Å²) < 4.78 is 13.1. The topological polar surface area (TPSA) is 45.2 Å². The Labute approximate surface area is 147 Å². The number of halogens is 1. The van der Waals surface area contributed by atoms with Crippen LogP contribution in [-0.4, -0.2) is 16.9 Å². The zero-order valence-electron chi connectivity index (χ0n) is 14.2. The molecule has 1 N–H and O–H groups in total. The van der Waals surface area contributed by atoms with Gasteiger partial charge < -0.3 is 10.2 Å². The summed E-state index contributed by atoms with van der Waals surface area (Å²) in [6, 6.07) is 8.46. The van der Waals surface area contributed by atoms with Gasteiger partial charge in [0.25, 0.3) is 0 Å². The Kier molecular flexibility index (Phi) is 4.38. The van der Waals surface area contributed by atoms with E-state index in [2.05, 4.69) is 10.3 Å². The summed E-state index contributed by atoms with van der Waals surface area (Å²) in [5.74, 6) is 0.636. The first-order chi connectivity index (χ1) is 12.2. The van der Waals surface area contributed by atoms with Gasteiger partial charge in [-0.1, -0.05) is 19.3 Å². The summed E-state index contributed by atoms with van der Waals surface area (Å²) in [6.07, 6.45) is 8.98. The van der Waals surface area contributed by atoms with Gasteiger partial charge in [-0.05, 0) is 49.1 Å². The molecule has 2 aliphatic rings. The van der Waals surface area contributed by atoms with Crippen LogP contribution < -0.4 is 10.2 Å². The molecule has 0 saturated heterocycles. The maximum atomic E-state index is 13.1. The first-order valence-electron chi connectivity index (χ1n) is 9.04. The van der Waals surface area contributed by atoms with Crippen LogP contribution in [0, 0.1) is 5.82 Å². The molecule has 25 heavy (non-hydrogen) atoms. The van der Waals surface area contributed by atoms with Gasteiger partial charge in [-0.3, -0.25) is 4.79 Å². The van der Waals surface area contributed by atoms with E-state index in [9.17, 15) is 9.18 Å². The van der Waals surface area contributed by atoms with Gasteiger partial charge in [-0.25, -0.2) is 9.37 Å². The Bertz CT molecular complexity index is 769. The number of carbonyl (C=O) groups excluding carboxylic acids is 1. The lowest BCUT2D eigenvalue weighted by Gasteiger charge is -2.38. The average molecular weight is 339 g/mol. The smallest absolute Gasteiger partial charge is 0.227 e. The van der Waals surface area contributed by atoms with E-state index in [-0.39, 0.29) is 11.7 Å². The number of nitrogens with one attached hydrogen (secondary N) is 1. The summed E-state index contributed by atoms with van der Waals surface area (Å²) in [5.41, 5.74) is 2.90. The van der Waals surface area contributed by atoms with Crippen LogP contribution in [0.2, 0.25) is 0 Å². The molecule has 1 saturated carbocycles. The standard InChI is InChI=1S/C20H22FN3O/c21-15-7-9-16(10-8-15)23-19-12-18-14(13-22-19)6-11-20(25)24(18)17-4-2-1-3-5-17/h7-10,12-13,17H,1-6,11H2,(H,22,23). The Hall–Kier alpha value is -2.43. The third-order valence-corrected chi connectivity index (χ3v) is 5.15. The van der Waals surface area contributed by atoms with Crippen LogP contribution in [0.4, 0.5) is 21.6 Å². The van der Waals surface area contributed by atoms with Crippen molar-refractivity contribution in [1.29, 1.82) is 0 Å². The van der Waals surface area contributed by atoms with Crippen LogP contribution in [-0.2, 0) is 11.2 Å². The minimum absolute atomic E-state index is 0.221. The van der Waals surface area contributed by atoms with Gasteiger partial charge in [0.15, 0.2) is 0 Å². The van der Waals surface area contributed by atoms with Gasteiger partial charge in [0.2, 0.25) is 5.91 Å². The SMILES string of the molecule is O=C1CCc2cnc(Nc3ccc(F)cc3)cc2N1C1CCCCC1. The average Bonchev–Trinajstić information content (AvgIpc) is 2.64. The molecule has 130 valence electrons. The molecule has 1 aromatic carbocycles. The third-order valence-electron chi connectivity index (χ3n) is 5.15. The molecule has 1 aliphatic carbocycles. The largest absolute Gasteiger partial charge is 0.340 e. The van der Waals surface area contributed by atoms with Gasteiger partial charge in [0.1, 0.15) is 11.6 Å². The molecule has 1 fully saturated rings. The van der Waals surface area contributed by atoms with E-state index in [1.165, 1.54) is 31.4 Å². The molecule has 2 aromatic rings. The fourth-order valence-electron chi connectivity index (χ4n) is 3.88. The first kappa shape index (κ1) is 16.1. The molecule has 0 bridgehead atoms. The number of anilines is 3. The monoisotopic (exact) mass is 339 g/mol. The number of rotatable bonds is 3. The molecular weight excluding hydrogens is 317 g/mol. The van der Waals surface area contributed by atoms with Crippen LogP contribution in [0.15, 0.2) is 36.5 Å². The van der Waals surface area contributed by atoms with E-state index in [0.717, 1.165) is 36.2 Å².